The Morgan fingerprint density at radius 3 is 2.56 bits per heavy atom. The molecular weight excluding hydrogens is 248 g/mol. The monoisotopic (exact) mass is 268 g/mol. The van der Waals surface area contributed by atoms with Crippen LogP contribution in [0, 0.1) is 0 Å². The predicted octanol–water partition coefficient (Wildman–Crippen LogP) is 0.915. The Balaban J connectivity index is 2.60. The van der Waals surface area contributed by atoms with Gasteiger partial charge < -0.3 is 16.2 Å². The zero-order valence-electron chi connectivity index (χ0n) is 10.7. The molecule has 0 radical (unpaired) electrons. The predicted molar refractivity (Wildman–Crippen MR) is 75.4 cm³/mol. The van der Waals surface area contributed by atoms with Crippen molar-refractivity contribution in [2.75, 3.05) is 12.9 Å². The minimum absolute atomic E-state index is 0.0167. The van der Waals surface area contributed by atoms with Crippen LogP contribution in [0.5, 0.6) is 0 Å². The first-order valence-corrected chi connectivity index (χ1v) is 7.13. The molecule has 3 atom stereocenters. The second-order valence-corrected chi connectivity index (χ2v) is 5.22. The first-order chi connectivity index (χ1) is 8.60. The number of hydrogen-bond donors (Lipinski definition) is 3. The van der Waals surface area contributed by atoms with Crippen molar-refractivity contribution in [1.82, 2.24) is 5.32 Å². The van der Waals surface area contributed by atoms with Gasteiger partial charge in [-0.25, -0.2) is 0 Å². The first kappa shape index (κ1) is 15.0. The average Bonchev–Trinajstić information content (AvgIpc) is 2.40. The van der Waals surface area contributed by atoms with E-state index in [0.29, 0.717) is 0 Å². The number of rotatable bonds is 6. The number of aliphatic hydroxyl groups excluding tert-OH is 1. The Hall–Kier alpha value is -1.04. The number of carbonyl (C=O) groups excluding carboxylic acids is 1. The largest absolute Gasteiger partial charge is 0.395 e. The van der Waals surface area contributed by atoms with E-state index < -0.39 is 6.04 Å². The molecule has 4 N–H and O–H groups in total. The fourth-order valence-corrected chi connectivity index (χ4v) is 2.28. The summed E-state index contributed by atoms with van der Waals surface area (Å²) in [4.78, 5) is 12.0. The lowest BCUT2D eigenvalue weighted by molar-refractivity contribution is -0.123. The van der Waals surface area contributed by atoms with Gasteiger partial charge in [-0.2, -0.15) is 11.8 Å². The highest BCUT2D eigenvalue weighted by Gasteiger charge is 2.21. The zero-order valence-corrected chi connectivity index (χ0v) is 11.5. The number of nitrogens with one attached hydrogen (secondary N) is 1. The summed E-state index contributed by atoms with van der Waals surface area (Å²) < 4.78 is 0. The zero-order chi connectivity index (χ0) is 13.5. The maximum Gasteiger partial charge on any atom is 0.241 e. The van der Waals surface area contributed by atoms with Gasteiger partial charge in [-0.3, -0.25) is 4.79 Å². The Bertz CT molecular complexity index is 369. The van der Waals surface area contributed by atoms with Crippen molar-refractivity contribution in [2.45, 2.75) is 24.3 Å². The minimum Gasteiger partial charge on any atom is -0.395 e. The van der Waals surface area contributed by atoms with E-state index in [0.717, 1.165) is 5.56 Å². The molecule has 1 aromatic carbocycles. The highest BCUT2D eigenvalue weighted by atomic mass is 32.2. The molecule has 5 heteroatoms. The Kier molecular flexibility index (Phi) is 6.18. The lowest BCUT2D eigenvalue weighted by Crippen LogP contribution is -2.45. The average molecular weight is 268 g/mol. The smallest absolute Gasteiger partial charge is 0.241 e. The number of amides is 1. The van der Waals surface area contributed by atoms with E-state index in [9.17, 15) is 4.79 Å². The number of hydrogen-bond acceptors (Lipinski definition) is 4. The molecule has 1 rings (SSSR count). The Morgan fingerprint density at radius 1 is 1.44 bits per heavy atom. The molecule has 0 heterocycles. The summed E-state index contributed by atoms with van der Waals surface area (Å²) in [5.74, 6) is -0.221. The molecule has 0 spiro atoms. The van der Waals surface area contributed by atoms with E-state index in [4.69, 9.17) is 10.8 Å². The van der Waals surface area contributed by atoms with Gasteiger partial charge in [0.1, 0.15) is 6.04 Å². The van der Waals surface area contributed by atoms with Crippen molar-refractivity contribution in [3.63, 3.8) is 0 Å². The van der Waals surface area contributed by atoms with Gasteiger partial charge in [-0.05, 0) is 18.7 Å². The van der Waals surface area contributed by atoms with E-state index in [2.05, 4.69) is 5.32 Å². The third kappa shape index (κ3) is 4.01. The van der Waals surface area contributed by atoms with Gasteiger partial charge >= 0.3 is 0 Å². The van der Waals surface area contributed by atoms with Crippen molar-refractivity contribution in [1.29, 1.82) is 0 Å². The van der Waals surface area contributed by atoms with Crippen molar-refractivity contribution in [3.05, 3.63) is 35.9 Å². The fourth-order valence-electron chi connectivity index (χ4n) is 1.66. The first-order valence-electron chi connectivity index (χ1n) is 5.84. The molecule has 0 aromatic heterocycles. The van der Waals surface area contributed by atoms with Crippen LogP contribution in [0.1, 0.15) is 18.5 Å². The van der Waals surface area contributed by atoms with Crippen LogP contribution in [0.2, 0.25) is 0 Å². The highest BCUT2D eigenvalue weighted by Crippen LogP contribution is 2.13. The summed E-state index contributed by atoms with van der Waals surface area (Å²) in [6.45, 7) is 1.90. The van der Waals surface area contributed by atoms with Crippen molar-refractivity contribution < 1.29 is 9.90 Å². The van der Waals surface area contributed by atoms with Crippen LogP contribution in [0.15, 0.2) is 30.3 Å². The quantitative estimate of drug-likeness (QED) is 0.717. The molecular formula is C13H20N2O2S. The molecule has 1 amide bonds. The van der Waals surface area contributed by atoms with Gasteiger partial charge in [-0.15, -0.1) is 0 Å². The van der Waals surface area contributed by atoms with Gasteiger partial charge in [0.15, 0.2) is 0 Å². The van der Waals surface area contributed by atoms with Crippen LogP contribution < -0.4 is 11.1 Å². The van der Waals surface area contributed by atoms with Crippen LogP contribution in [-0.4, -0.2) is 35.2 Å². The number of nitrogens with two attached hydrogens (primary N) is 1. The maximum atomic E-state index is 12.0. The highest BCUT2D eigenvalue weighted by molar-refractivity contribution is 7.99. The van der Waals surface area contributed by atoms with Crippen molar-refractivity contribution in [3.8, 4) is 0 Å². The van der Waals surface area contributed by atoms with E-state index in [1.54, 1.807) is 0 Å². The molecule has 0 aliphatic heterocycles. The molecule has 0 saturated heterocycles. The second-order valence-electron chi connectivity index (χ2n) is 4.14. The standard InChI is InChI=1S/C13H20N2O2S/c1-9(11(8-16)18-2)15-13(17)12(14)10-6-4-3-5-7-10/h3-7,9,11-12,16H,8,14H2,1-2H3,(H,15,17). The lowest BCUT2D eigenvalue weighted by atomic mass is 10.1. The number of thioether (sulfide) groups is 1. The summed E-state index contributed by atoms with van der Waals surface area (Å²) in [5.41, 5.74) is 6.67. The molecule has 0 aliphatic rings. The van der Waals surface area contributed by atoms with Gasteiger partial charge in [0.05, 0.1) is 6.61 Å². The van der Waals surface area contributed by atoms with Crippen molar-refractivity contribution >= 4 is 17.7 Å². The van der Waals surface area contributed by atoms with Crippen LogP contribution in [0.3, 0.4) is 0 Å². The van der Waals surface area contributed by atoms with Crippen LogP contribution in [0.4, 0.5) is 0 Å². The molecule has 4 nitrogen and oxygen atoms in total. The Morgan fingerprint density at radius 2 is 2.06 bits per heavy atom. The molecule has 0 fully saturated rings. The molecule has 3 unspecified atom stereocenters. The molecule has 1 aromatic rings. The van der Waals surface area contributed by atoms with Gasteiger partial charge in [0.2, 0.25) is 5.91 Å². The molecule has 100 valence electrons. The molecule has 18 heavy (non-hydrogen) atoms. The van der Waals surface area contributed by atoms with Crippen LogP contribution in [0.25, 0.3) is 0 Å². The normalized spacial score (nSPS) is 15.8. The van der Waals surface area contributed by atoms with E-state index in [-0.39, 0.29) is 23.8 Å². The lowest BCUT2D eigenvalue weighted by Gasteiger charge is -2.23. The number of benzene rings is 1. The van der Waals surface area contributed by atoms with Crippen LogP contribution >= 0.6 is 11.8 Å². The molecule has 0 saturated carbocycles. The topological polar surface area (TPSA) is 75.3 Å². The van der Waals surface area contributed by atoms with Crippen LogP contribution in [-0.2, 0) is 4.79 Å². The fraction of sp³-hybridized carbons (Fsp3) is 0.462. The second kappa shape index (κ2) is 7.41. The third-order valence-electron chi connectivity index (χ3n) is 2.85. The molecule has 0 bridgehead atoms. The summed E-state index contributed by atoms with van der Waals surface area (Å²) in [6.07, 6.45) is 1.90. The van der Waals surface area contributed by atoms with Gasteiger partial charge in [0.25, 0.3) is 0 Å². The summed E-state index contributed by atoms with van der Waals surface area (Å²) >= 11 is 1.52. The SMILES string of the molecule is CSC(CO)C(C)NC(=O)C(N)c1ccccc1. The molecule has 0 aliphatic carbocycles. The van der Waals surface area contributed by atoms with E-state index in [1.807, 2.05) is 43.5 Å². The maximum absolute atomic E-state index is 12.0. The number of aliphatic hydroxyl groups is 1. The Labute approximate surface area is 112 Å². The third-order valence-corrected chi connectivity index (χ3v) is 4.01. The number of carbonyl (C=O) groups is 1. The summed E-state index contributed by atoms with van der Waals surface area (Å²) in [7, 11) is 0. The van der Waals surface area contributed by atoms with E-state index in [1.165, 1.54) is 11.8 Å². The van der Waals surface area contributed by atoms with Gasteiger partial charge in [-0.1, -0.05) is 30.3 Å². The van der Waals surface area contributed by atoms with Gasteiger partial charge in [0, 0.05) is 11.3 Å². The van der Waals surface area contributed by atoms with E-state index >= 15 is 0 Å². The van der Waals surface area contributed by atoms with Crippen molar-refractivity contribution in [2.24, 2.45) is 5.73 Å². The minimum atomic E-state index is -0.671. The summed E-state index contributed by atoms with van der Waals surface area (Å²) in [6, 6.07) is 8.45. The summed E-state index contributed by atoms with van der Waals surface area (Å²) in [5, 5.41) is 12.0.